The number of anilines is 1. The predicted octanol–water partition coefficient (Wildman–Crippen LogP) is 4.13. The molecule has 0 radical (unpaired) electrons. The molecule has 0 atom stereocenters. The minimum atomic E-state index is -2.89. The first-order chi connectivity index (χ1) is 16.4. The van der Waals surface area contributed by atoms with Crippen LogP contribution in [0.15, 0.2) is 53.2 Å². The summed E-state index contributed by atoms with van der Waals surface area (Å²) in [6.07, 6.45) is 0.560. The Labute approximate surface area is 190 Å². The lowest BCUT2D eigenvalue weighted by atomic mass is 10.1. The highest BCUT2D eigenvalue weighted by Gasteiger charge is 2.18. The lowest BCUT2D eigenvalue weighted by molar-refractivity contribution is 0.116. The van der Waals surface area contributed by atoms with Crippen molar-refractivity contribution in [3.63, 3.8) is 0 Å². The molecule has 9 nitrogen and oxygen atoms in total. The second-order valence-corrected chi connectivity index (χ2v) is 7.69. The molecular weight excluding hydrogens is 449 g/mol. The van der Waals surface area contributed by atoms with Crippen LogP contribution in [0.1, 0.15) is 17.9 Å². The van der Waals surface area contributed by atoms with Crippen LogP contribution in [0, 0.1) is 5.82 Å². The summed E-state index contributed by atoms with van der Waals surface area (Å²) in [6.45, 7) is 0.119. The average Bonchev–Trinajstić information content (AvgIpc) is 3.50. The van der Waals surface area contributed by atoms with Crippen LogP contribution in [0.2, 0.25) is 0 Å². The molecule has 34 heavy (non-hydrogen) atoms. The zero-order valence-electron chi connectivity index (χ0n) is 18.0. The number of aromatic nitrogens is 7. The number of hydrogen-bond donors (Lipinski definition) is 0. The van der Waals surface area contributed by atoms with Crippen LogP contribution in [-0.2, 0) is 6.54 Å². The molecule has 0 bridgehead atoms. The molecule has 0 spiro atoms. The van der Waals surface area contributed by atoms with Crippen LogP contribution in [0.4, 0.5) is 19.1 Å². The molecule has 3 heterocycles. The van der Waals surface area contributed by atoms with Gasteiger partial charge < -0.3 is 9.32 Å². The van der Waals surface area contributed by atoms with Gasteiger partial charge in [0, 0.05) is 42.4 Å². The van der Waals surface area contributed by atoms with E-state index in [2.05, 4.69) is 30.5 Å². The maximum absolute atomic E-state index is 14.7. The third kappa shape index (κ3) is 4.17. The fourth-order valence-electron chi connectivity index (χ4n) is 3.33. The van der Waals surface area contributed by atoms with Gasteiger partial charge in [-0.25, -0.2) is 19.0 Å². The number of fused-ring (bicyclic) bond motifs is 1. The molecule has 0 aliphatic carbocycles. The van der Waals surface area contributed by atoms with Gasteiger partial charge in [-0.2, -0.15) is 8.78 Å². The Bertz CT molecular complexity index is 1480. The molecule has 3 aromatic heterocycles. The number of alkyl halides is 2. The molecule has 5 aromatic rings. The predicted molar refractivity (Wildman–Crippen MR) is 117 cm³/mol. The van der Waals surface area contributed by atoms with Crippen molar-refractivity contribution < 1.29 is 17.6 Å². The van der Waals surface area contributed by atoms with E-state index < -0.39 is 18.1 Å². The maximum Gasteiger partial charge on any atom is 0.314 e. The zero-order valence-corrected chi connectivity index (χ0v) is 18.0. The lowest BCUT2D eigenvalue weighted by Crippen LogP contribution is -2.12. The minimum Gasteiger partial charge on any atom is -0.415 e. The van der Waals surface area contributed by atoms with Gasteiger partial charge >= 0.3 is 6.43 Å². The molecule has 0 N–H and O–H groups in total. The summed E-state index contributed by atoms with van der Waals surface area (Å²) in [4.78, 5) is 10.7. The summed E-state index contributed by atoms with van der Waals surface area (Å²) in [5, 5.41) is 15.9. The van der Waals surface area contributed by atoms with Crippen molar-refractivity contribution in [3.8, 4) is 22.7 Å². The van der Waals surface area contributed by atoms with Crippen LogP contribution < -0.4 is 4.90 Å². The molecule has 0 aliphatic rings. The molecular formula is C22H17F3N8O. The van der Waals surface area contributed by atoms with Crippen LogP contribution in [0.3, 0.4) is 0 Å². The average molecular weight is 466 g/mol. The monoisotopic (exact) mass is 466 g/mol. The summed E-state index contributed by atoms with van der Waals surface area (Å²) in [6, 6.07) is 9.86. The van der Waals surface area contributed by atoms with E-state index in [-0.39, 0.29) is 18.0 Å². The second-order valence-electron chi connectivity index (χ2n) is 7.69. The topological polar surface area (TPSA) is 98.7 Å². The van der Waals surface area contributed by atoms with Crippen molar-refractivity contribution >= 4 is 16.9 Å². The first-order valence-electron chi connectivity index (χ1n) is 10.1. The van der Waals surface area contributed by atoms with E-state index in [4.69, 9.17) is 4.42 Å². The molecule has 0 saturated heterocycles. The normalized spacial score (nSPS) is 11.5. The number of halogens is 3. The summed E-state index contributed by atoms with van der Waals surface area (Å²) in [5.41, 5.74) is 2.77. The third-order valence-corrected chi connectivity index (χ3v) is 5.06. The summed E-state index contributed by atoms with van der Waals surface area (Å²) in [7, 11) is 3.75. The van der Waals surface area contributed by atoms with Crippen molar-refractivity contribution in [1.29, 1.82) is 0 Å². The van der Waals surface area contributed by atoms with Crippen LogP contribution in [0.5, 0.6) is 0 Å². The third-order valence-electron chi connectivity index (χ3n) is 5.06. The van der Waals surface area contributed by atoms with Gasteiger partial charge in [0.15, 0.2) is 0 Å². The fourth-order valence-corrected chi connectivity index (χ4v) is 3.33. The number of hydrogen-bond acceptors (Lipinski definition) is 8. The molecule has 172 valence electrons. The number of benzene rings is 2. The van der Waals surface area contributed by atoms with Gasteiger partial charge in [-0.15, -0.1) is 15.3 Å². The van der Waals surface area contributed by atoms with Gasteiger partial charge in [-0.05, 0) is 24.3 Å². The van der Waals surface area contributed by atoms with E-state index in [1.54, 1.807) is 12.4 Å². The van der Waals surface area contributed by atoms with Gasteiger partial charge in [0.25, 0.3) is 5.89 Å². The van der Waals surface area contributed by atoms with Crippen molar-refractivity contribution in [2.45, 2.75) is 13.0 Å². The fraction of sp³-hybridized carbons (Fsp3) is 0.182. The Hall–Kier alpha value is -4.35. The van der Waals surface area contributed by atoms with Crippen LogP contribution in [-0.4, -0.2) is 49.3 Å². The molecule has 12 heteroatoms. The highest BCUT2D eigenvalue weighted by atomic mass is 19.3. The summed E-state index contributed by atoms with van der Waals surface area (Å²) >= 11 is 0. The zero-order chi connectivity index (χ0) is 23.8. The maximum atomic E-state index is 14.7. The number of rotatable bonds is 6. The summed E-state index contributed by atoms with van der Waals surface area (Å²) in [5.74, 6) is -0.937. The first kappa shape index (κ1) is 21.5. The lowest BCUT2D eigenvalue weighted by Gasteiger charge is -2.10. The van der Waals surface area contributed by atoms with Crippen molar-refractivity contribution in [2.24, 2.45) is 0 Å². The first-order valence-corrected chi connectivity index (χ1v) is 10.1. The van der Waals surface area contributed by atoms with Crippen LogP contribution >= 0.6 is 0 Å². The van der Waals surface area contributed by atoms with Gasteiger partial charge in [0.1, 0.15) is 11.5 Å². The molecule has 0 aliphatic heterocycles. The van der Waals surface area contributed by atoms with Crippen molar-refractivity contribution in [2.75, 3.05) is 19.0 Å². The quantitative estimate of drug-likeness (QED) is 0.368. The van der Waals surface area contributed by atoms with E-state index in [9.17, 15) is 13.2 Å². The van der Waals surface area contributed by atoms with Crippen molar-refractivity contribution in [1.82, 2.24) is 35.2 Å². The van der Waals surface area contributed by atoms with E-state index in [1.165, 1.54) is 16.8 Å². The van der Waals surface area contributed by atoms with E-state index in [1.807, 2.05) is 37.2 Å². The minimum absolute atomic E-state index is 0.119. The Morgan fingerprint density at radius 1 is 1.03 bits per heavy atom. The molecule has 2 aromatic carbocycles. The molecule has 0 saturated carbocycles. The molecule has 0 unspecified atom stereocenters. The molecule has 0 fully saturated rings. The Kier molecular flexibility index (Phi) is 5.40. The number of nitrogens with zero attached hydrogens (tertiary/aromatic N) is 8. The van der Waals surface area contributed by atoms with E-state index in [0.717, 1.165) is 22.5 Å². The largest absolute Gasteiger partial charge is 0.415 e. The van der Waals surface area contributed by atoms with Gasteiger partial charge in [-0.1, -0.05) is 17.3 Å². The second kappa shape index (κ2) is 8.54. The van der Waals surface area contributed by atoms with Crippen molar-refractivity contribution in [3.05, 3.63) is 66.1 Å². The van der Waals surface area contributed by atoms with Crippen LogP contribution in [0.25, 0.3) is 33.6 Å². The smallest absolute Gasteiger partial charge is 0.314 e. The highest BCUT2D eigenvalue weighted by Crippen LogP contribution is 2.26. The van der Waals surface area contributed by atoms with Gasteiger partial charge in [0.05, 0.1) is 18.3 Å². The van der Waals surface area contributed by atoms with E-state index >= 15 is 0 Å². The molecule has 5 rings (SSSR count). The van der Waals surface area contributed by atoms with Gasteiger partial charge in [-0.3, -0.25) is 0 Å². The summed E-state index contributed by atoms with van der Waals surface area (Å²) < 4.78 is 46.3. The highest BCUT2D eigenvalue weighted by molar-refractivity contribution is 5.83. The standard InChI is InChI=1S/C22H17F3N8O/c1-32(2)22-26-9-15-7-12(5-6-17(15)27-22)18-11-33(31-28-18)10-14-4-3-13(8-16(14)23)20-29-30-21(34-20)19(24)25/h3-9,11,19H,10H2,1-2H3. The van der Waals surface area contributed by atoms with Gasteiger partial charge in [0.2, 0.25) is 11.8 Å². The Morgan fingerprint density at radius 3 is 2.59 bits per heavy atom. The Morgan fingerprint density at radius 2 is 1.85 bits per heavy atom. The molecule has 0 amide bonds. The Balaban J connectivity index is 1.35. The van der Waals surface area contributed by atoms with E-state index in [0.29, 0.717) is 17.2 Å². The SMILES string of the molecule is CN(C)c1ncc2cc(-c3cn(Cc4ccc(-c5nnc(C(F)F)o5)cc4F)nn3)ccc2n1.